The first-order chi connectivity index (χ1) is 42.8. The van der Waals surface area contributed by atoms with Gasteiger partial charge in [0.15, 0.2) is 0 Å². The minimum atomic E-state index is -5.16. The molecule has 22 heteroatoms. The maximum atomic E-state index is 16.1. The van der Waals surface area contributed by atoms with E-state index in [2.05, 4.69) is 0 Å². The maximum absolute atomic E-state index is 16.1. The number of phosphoric ester groups is 4. The predicted octanol–water partition coefficient (Wildman–Crippen LogP) is 16.8. The summed E-state index contributed by atoms with van der Waals surface area (Å²) in [4.78, 5) is 14.2. The van der Waals surface area contributed by atoms with Crippen LogP contribution in [-0.4, -0.2) is 36.5 Å². The van der Waals surface area contributed by atoms with E-state index in [1.54, 1.807) is 250 Å². The molecule has 8 aromatic carbocycles. The largest absolute Gasteiger partial charge is 0.475 e. The third kappa shape index (κ3) is 21.2. The van der Waals surface area contributed by atoms with E-state index in [4.69, 9.17) is 59.0 Å². The molecule has 88 heavy (non-hydrogen) atoms. The fourth-order valence-electron chi connectivity index (χ4n) is 8.96. The van der Waals surface area contributed by atoms with Crippen LogP contribution in [0.15, 0.2) is 243 Å². The van der Waals surface area contributed by atoms with E-state index < -0.39 is 74.2 Å². The minimum absolute atomic E-state index is 0.138. The second-order valence-electron chi connectivity index (χ2n) is 20.2. The highest BCUT2D eigenvalue weighted by atomic mass is 31.2. The number of hydrogen-bond donors (Lipinski definition) is 0. The average Bonchev–Trinajstić information content (AvgIpc) is 1.02. The summed E-state index contributed by atoms with van der Waals surface area (Å²) in [5.41, 5.74) is 4.47. The topological polar surface area (TPSA) is 205 Å². The highest BCUT2D eigenvalue weighted by molar-refractivity contribution is 7.49. The van der Waals surface area contributed by atoms with E-state index in [9.17, 15) is 4.79 Å². The summed E-state index contributed by atoms with van der Waals surface area (Å²) >= 11 is 0. The lowest BCUT2D eigenvalue weighted by Gasteiger charge is -2.46. The number of carbonyl (C=O) groups is 1. The van der Waals surface area contributed by atoms with Crippen LogP contribution < -0.4 is 0 Å². The second kappa shape index (κ2) is 33.5. The Balaban J connectivity index is 1.23. The summed E-state index contributed by atoms with van der Waals surface area (Å²) in [7, 11) is -20.3. The Bertz CT molecular complexity index is 3340. The molecule has 462 valence electrons. The van der Waals surface area contributed by atoms with Crippen molar-refractivity contribution in [1.29, 1.82) is 0 Å². The van der Waals surface area contributed by atoms with Crippen molar-refractivity contribution in [3.8, 4) is 0 Å². The van der Waals surface area contributed by atoms with Crippen molar-refractivity contribution in [1.82, 2.24) is 0 Å². The van der Waals surface area contributed by atoms with Gasteiger partial charge in [-0.1, -0.05) is 250 Å². The highest BCUT2D eigenvalue weighted by Crippen LogP contribution is 2.63. The van der Waals surface area contributed by atoms with E-state index in [-0.39, 0.29) is 59.3 Å². The molecule has 1 aliphatic rings. The molecule has 1 fully saturated rings. The minimum Gasteiger partial charge on any atom is -0.459 e. The van der Waals surface area contributed by atoms with Gasteiger partial charge < -0.3 is 4.74 Å². The van der Waals surface area contributed by atoms with Crippen molar-refractivity contribution < 1.29 is 82.1 Å². The number of carbonyl (C=O) groups excluding carboxylic acids is 1. The Morgan fingerprint density at radius 3 is 0.739 bits per heavy atom. The summed E-state index contributed by atoms with van der Waals surface area (Å²) in [6.45, 7) is -1.03. The molecule has 0 heterocycles. The highest BCUT2D eigenvalue weighted by Gasteiger charge is 2.59. The van der Waals surface area contributed by atoms with Crippen LogP contribution in [0.1, 0.15) is 70.7 Å². The number of ether oxygens (including phenoxy) is 1. The van der Waals surface area contributed by atoms with Gasteiger partial charge in [-0.15, -0.1) is 0 Å². The summed E-state index contributed by atoms with van der Waals surface area (Å²) in [6, 6.07) is 70.3. The summed E-state index contributed by atoms with van der Waals surface area (Å²) in [5, 5.41) is 0. The number of rotatable bonds is 35. The molecule has 0 N–H and O–H groups in total. The monoisotopic (exact) mass is 1270 g/mol. The Kier molecular flexibility index (Phi) is 25.1. The SMILES string of the molecule is CCCC(=O)O[C@H]1C[C@@H](OP(=O)(OCc2ccccc2)OCc2ccccc2)[C@H](OP(=O)(OCc2ccccc2)OCc2ccccc2)[C@@H](OP(=O)(OCc2ccccc2)OCc2ccccc2)[C@@H]1OP(=O)(OCc1ccccc1)OCc1ccccc1. The van der Waals surface area contributed by atoms with Crippen LogP contribution >= 0.6 is 31.3 Å². The summed E-state index contributed by atoms with van der Waals surface area (Å²) in [5.74, 6) is -0.779. The number of hydrogen-bond acceptors (Lipinski definition) is 18. The Hall–Kier alpha value is -6.33. The summed E-state index contributed by atoms with van der Waals surface area (Å²) < 4.78 is 147. The first-order valence-corrected chi connectivity index (χ1v) is 34.5. The molecule has 0 aromatic heterocycles. The molecule has 0 radical (unpaired) electrons. The van der Waals surface area contributed by atoms with Gasteiger partial charge in [0.25, 0.3) is 0 Å². The van der Waals surface area contributed by atoms with E-state index in [0.29, 0.717) is 50.9 Å². The van der Waals surface area contributed by atoms with Gasteiger partial charge in [-0.3, -0.25) is 59.1 Å². The van der Waals surface area contributed by atoms with Gasteiger partial charge in [-0.05, 0) is 50.9 Å². The smallest absolute Gasteiger partial charge is 0.459 e. The number of esters is 1. The van der Waals surface area contributed by atoms with Crippen LogP contribution in [0.2, 0.25) is 0 Å². The van der Waals surface area contributed by atoms with E-state index in [0.717, 1.165) is 0 Å². The quantitative estimate of drug-likeness (QED) is 0.0267. The normalized spacial score (nSPS) is 17.3. The molecule has 0 spiro atoms. The molecule has 1 aliphatic carbocycles. The van der Waals surface area contributed by atoms with Gasteiger partial charge in [0.2, 0.25) is 0 Å². The Labute approximate surface area is 513 Å². The third-order valence-corrected chi connectivity index (χ3v) is 19.1. The lowest BCUT2D eigenvalue weighted by atomic mass is 9.87. The van der Waals surface area contributed by atoms with Crippen molar-refractivity contribution in [2.24, 2.45) is 0 Å². The first-order valence-electron chi connectivity index (χ1n) is 28.6. The van der Waals surface area contributed by atoms with Crippen molar-refractivity contribution in [2.75, 3.05) is 0 Å². The maximum Gasteiger partial charge on any atom is 0.475 e. The molecule has 5 atom stereocenters. The van der Waals surface area contributed by atoms with Gasteiger partial charge in [-0.25, -0.2) is 18.3 Å². The van der Waals surface area contributed by atoms with Gasteiger partial charge in [0.05, 0.1) is 52.9 Å². The van der Waals surface area contributed by atoms with Crippen LogP contribution in [0.3, 0.4) is 0 Å². The molecule has 0 saturated heterocycles. The molecule has 0 aliphatic heterocycles. The lowest BCUT2D eigenvalue weighted by Crippen LogP contribution is -2.59. The fraction of sp³-hybridized carbons (Fsp3) is 0.258. The van der Waals surface area contributed by atoms with Crippen molar-refractivity contribution in [2.45, 2.75) is 110 Å². The lowest BCUT2D eigenvalue weighted by molar-refractivity contribution is -0.190. The molecule has 0 bridgehead atoms. The second-order valence-corrected chi connectivity index (χ2v) is 26.7. The Morgan fingerprint density at radius 2 is 0.511 bits per heavy atom. The summed E-state index contributed by atoms with van der Waals surface area (Å²) in [6.07, 6.45) is -10.2. The van der Waals surface area contributed by atoms with Crippen molar-refractivity contribution in [3.05, 3.63) is 287 Å². The van der Waals surface area contributed by atoms with Crippen molar-refractivity contribution in [3.63, 3.8) is 0 Å². The van der Waals surface area contributed by atoms with Gasteiger partial charge in [0.1, 0.15) is 30.5 Å². The number of phosphoric acid groups is 4. The van der Waals surface area contributed by atoms with Crippen molar-refractivity contribution >= 4 is 37.3 Å². The van der Waals surface area contributed by atoms with E-state index in [1.807, 2.05) is 0 Å². The third-order valence-electron chi connectivity index (χ3n) is 13.5. The fourth-order valence-corrected chi connectivity index (χ4v) is 14.4. The zero-order valence-corrected chi connectivity index (χ0v) is 52.0. The van der Waals surface area contributed by atoms with E-state index in [1.165, 1.54) is 0 Å². The van der Waals surface area contributed by atoms with Crippen LogP contribution in [0, 0.1) is 0 Å². The zero-order valence-electron chi connectivity index (χ0n) is 48.4. The molecular formula is C66H70O18P4. The van der Waals surface area contributed by atoms with Crippen LogP contribution in [0.5, 0.6) is 0 Å². The molecule has 8 aromatic rings. The van der Waals surface area contributed by atoms with Gasteiger partial charge in [0, 0.05) is 12.8 Å². The molecular weight excluding hydrogens is 1200 g/mol. The van der Waals surface area contributed by atoms with Gasteiger partial charge >= 0.3 is 37.3 Å². The van der Waals surface area contributed by atoms with Gasteiger partial charge in [-0.2, -0.15) is 0 Å². The van der Waals surface area contributed by atoms with Crippen LogP contribution in [0.4, 0.5) is 0 Å². The number of benzene rings is 8. The van der Waals surface area contributed by atoms with E-state index >= 15 is 18.3 Å². The molecule has 1 saturated carbocycles. The standard InChI is InChI=1S/C66H70O18P4/c1-2-27-63(67)80-61-44-62(81-85(68,72-45-53-28-11-3-12-29-53)73-46-54-30-13-4-14-31-54)65(83-87(70,76-49-57-36-19-7-20-37-57)77-50-58-38-21-8-22-39-58)66(84-88(71,78-51-59-40-23-9-24-41-59)79-52-60-42-25-10-26-43-60)64(61)82-86(69,74-47-55-32-15-5-16-33-55)75-48-56-34-17-6-18-35-56/h3-26,28-43,61-62,64-66H,2,27,44-52H2,1H3/t61-,62+,64+,65-,66-/m0/s1. The van der Waals surface area contributed by atoms with Crippen LogP contribution in [-0.2, 0) is 135 Å². The molecule has 9 rings (SSSR count). The molecule has 0 amide bonds. The molecule has 18 nitrogen and oxygen atoms in total. The first kappa shape index (κ1) is 66.1. The average molecular weight is 1280 g/mol. The van der Waals surface area contributed by atoms with Crippen LogP contribution in [0.25, 0.3) is 0 Å². The predicted molar refractivity (Wildman–Crippen MR) is 329 cm³/mol. The Morgan fingerprint density at radius 1 is 0.307 bits per heavy atom. The zero-order chi connectivity index (χ0) is 61.3. The molecule has 0 unspecified atom stereocenters.